The molecule has 3 aromatic rings. The second-order valence-corrected chi connectivity index (χ2v) is 10.2. The molecule has 5 rings (SSSR count). The largest absolute Gasteiger partial charge is 0.497 e. The van der Waals surface area contributed by atoms with Gasteiger partial charge in [-0.3, -0.25) is 14.5 Å². The Labute approximate surface area is 245 Å². The molecule has 0 unspecified atom stereocenters. The molecule has 0 bridgehead atoms. The maximum absolute atomic E-state index is 14.0. The zero-order valence-corrected chi connectivity index (χ0v) is 24.1. The third kappa shape index (κ3) is 6.63. The molecule has 0 spiro atoms. The molecule has 3 heterocycles. The number of nitrogens with zero attached hydrogens (tertiary/aromatic N) is 4. The first kappa shape index (κ1) is 29.3. The van der Waals surface area contributed by atoms with Crippen molar-refractivity contribution in [3.8, 4) is 11.4 Å². The predicted molar refractivity (Wildman–Crippen MR) is 158 cm³/mol. The number of benzene rings is 2. The molecule has 42 heavy (non-hydrogen) atoms. The van der Waals surface area contributed by atoms with Crippen LogP contribution in [0, 0.1) is 0 Å². The Balaban J connectivity index is 1.49. The lowest BCUT2D eigenvalue weighted by Crippen LogP contribution is -2.37. The standard InChI is InChI=1S/C31H37N5O6/c1-3-42-31(39)28-26(15-17-34-18-20-41-21-19-34)29(36(33-28)24-11-13-25(40-2)14-12-24)30(38)32-22-7-9-23(10-8-22)35-16-5-4-6-27(35)37/h7-14H,3-6,15-21H2,1-2H3,(H,32,38). The topological polar surface area (TPSA) is 115 Å². The van der Waals surface area contributed by atoms with Gasteiger partial charge in [0.25, 0.3) is 5.91 Å². The number of esters is 1. The summed E-state index contributed by atoms with van der Waals surface area (Å²) in [5, 5.41) is 7.60. The number of piperidine rings is 1. The number of methoxy groups -OCH3 is 1. The molecule has 11 nitrogen and oxygen atoms in total. The van der Waals surface area contributed by atoms with Crippen molar-refractivity contribution in [2.75, 3.05) is 63.3 Å². The Morgan fingerprint density at radius 1 is 0.976 bits per heavy atom. The summed E-state index contributed by atoms with van der Waals surface area (Å²) in [7, 11) is 1.58. The van der Waals surface area contributed by atoms with Gasteiger partial charge in [0.1, 0.15) is 11.4 Å². The maximum atomic E-state index is 14.0. The molecular formula is C31H37N5O6. The molecule has 11 heteroatoms. The lowest BCUT2D eigenvalue weighted by atomic mass is 10.1. The summed E-state index contributed by atoms with van der Waals surface area (Å²) in [6.45, 7) is 6.07. The van der Waals surface area contributed by atoms with Crippen LogP contribution in [0.1, 0.15) is 52.7 Å². The van der Waals surface area contributed by atoms with Gasteiger partial charge in [0.2, 0.25) is 5.91 Å². The van der Waals surface area contributed by atoms with Gasteiger partial charge in [0.15, 0.2) is 5.69 Å². The maximum Gasteiger partial charge on any atom is 0.359 e. The summed E-state index contributed by atoms with van der Waals surface area (Å²) in [6.07, 6.45) is 2.84. The lowest BCUT2D eigenvalue weighted by molar-refractivity contribution is -0.119. The third-order valence-electron chi connectivity index (χ3n) is 7.53. The SMILES string of the molecule is CCOC(=O)c1nn(-c2ccc(OC)cc2)c(C(=O)Nc2ccc(N3CCCCC3=O)cc2)c1CCN1CCOCC1. The van der Waals surface area contributed by atoms with Crippen molar-refractivity contribution in [3.63, 3.8) is 0 Å². The van der Waals surface area contributed by atoms with E-state index in [9.17, 15) is 14.4 Å². The number of rotatable bonds is 10. The Morgan fingerprint density at radius 3 is 2.36 bits per heavy atom. The van der Waals surface area contributed by atoms with Gasteiger partial charge in [0, 0.05) is 49.5 Å². The van der Waals surface area contributed by atoms with Crippen LogP contribution in [0.5, 0.6) is 5.75 Å². The summed E-state index contributed by atoms with van der Waals surface area (Å²) in [5.74, 6) is -0.223. The molecule has 0 saturated carbocycles. The zero-order valence-electron chi connectivity index (χ0n) is 24.1. The first-order chi connectivity index (χ1) is 20.5. The zero-order chi connectivity index (χ0) is 29.5. The number of anilines is 2. The molecule has 2 aromatic carbocycles. The molecule has 0 aliphatic carbocycles. The van der Waals surface area contributed by atoms with Gasteiger partial charge >= 0.3 is 5.97 Å². The fraction of sp³-hybridized carbons (Fsp3) is 0.419. The number of amides is 2. The number of aromatic nitrogens is 2. The molecule has 222 valence electrons. The van der Waals surface area contributed by atoms with E-state index in [2.05, 4.69) is 15.3 Å². The minimum Gasteiger partial charge on any atom is -0.497 e. The van der Waals surface area contributed by atoms with Gasteiger partial charge in [-0.2, -0.15) is 5.10 Å². The van der Waals surface area contributed by atoms with Crippen molar-refractivity contribution in [2.45, 2.75) is 32.6 Å². The van der Waals surface area contributed by atoms with Gasteiger partial charge < -0.3 is 24.4 Å². The minimum absolute atomic E-state index is 0.109. The lowest BCUT2D eigenvalue weighted by Gasteiger charge is -2.27. The smallest absolute Gasteiger partial charge is 0.359 e. The summed E-state index contributed by atoms with van der Waals surface area (Å²) in [6, 6.07) is 14.4. The first-order valence-electron chi connectivity index (χ1n) is 14.4. The number of hydrogen-bond donors (Lipinski definition) is 1. The van der Waals surface area contributed by atoms with E-state index in [0.29, 0.717) is 61.8 Å². The van der Waals surface area contributed by atoms with Crippen LogP contribution in [-0.4, -0.2) is 85.6 Å². The molecule has 0 atom stereocenters. The fourth-order valence-corrected chi connectivity index (χ4v) is 5.28. The molecular weight excluding hydrogens is 538 g/mol. The summed E-state index contributed by atoms with van der Waals surface area (Å²) in [5.41, 5.74) is 2.85. The van der Waals surface area contributed by atoms with Crippen LogP contribution in [-0.2, 0) is 20.7 Å². The minimum atomic E-state index is -0.577. The molecule has 2 saturated heterocycles. The Kier molecular flexibility index (Phi) is 9.50. The van der Waals surface area contributed by atoms with Crippen LogP contribution in [0.25, 0.3) is 5.69 Å². The van der Waals surface area contributed by atoms with Crippen molar-refractivity contribution >= 4 is 29.2 Å². The van der Waals surface area contributed by atoms with Crippen molar-refractivity contribution < 1.29 is 28.6 Å². The van der Waals surface area contributed by atoms with Crippen molar-refractivity contribution in [3.05, 3.63) is 65.5 Å². The van der Waals surface area contributed by atoms with E-state index in [4.69, 9.17) is 14.2 Å². The molecule has 2 fully saturated rings. The highest BCUT2D eigenvalue weighted by molar-refractivity contribution is 6.06. The predicted octanol–water partition coefficient (Wildman–Crippen LogP) is 3.70. The van der Waals surface area contributed by atoms with Gasteiger partial charge in [-0.25, -0.2) is 9.48 Å². The van der Waals surface area contributed by atoms with E-state index >= 15 is 0 Å². The molecule has 1 aromatic heterocycles. The molecule has 0 radical (unpaired) electrons. The van der Waals surface area contributed by atoms with Crippen LogP contribution in [0.4, 0.5) is 11.4 Å². The van der Waals surface area contributed by atoms with E-state index in [0.717, 1.165) is 31.6 Å². The fourth-order valence-electron chi connectivity index (χ4n) is 5.28. The Hall–Kier alpha value is -4.22. The van der Waals surface area contributed by atoms with Crippen molar-refractivity contribution in [2.24, 2.45) is 0 Å². The first-order valence-corrected chi connectivity index (χ1v) is 14.4. The monoisotopic (exact) mass is 575 g/mol. The number of morpholine rings is 1. The normalized spacial score (nSPS) is 15.9. The third-order valence-corrected chi connectivity index (χ3v) is 7.53. The van der Waals surface area contributed by atoms with E-state index in [1.54, 1.807) is 55.3 Å². The van der Waals surface area contributed by atoms with Crippen molar-refractivity contribution in [1.82, 2.24) is 14.7 Å². The average Bonchev–Trinajstić information content (AvgIpc) is 3.41. The summed E-state index contributed by atoms with van der Waals surface area (Å²) < 4.78 is 17.6. The average molecular weight is 576 g/mol. The number of ether oxygens (including phenoxy) is 3. The van der Waals surface area contributed by atoms with E-state index in [1.807, 2.05) is 12.1 Å². The van der Waals surface area contributed by atoms with Crippen LogP contribution in [0.15, 0.2) is 48.5 Å². The highest BCUT2D eigenvalue weighted by Crippen LogP contribution is 2.26. The van der Waals surface area contributed by atoms with Crippen LogP contribution in [0.2, 0.25) is 0 Å². The molecule has 2 amide bonds. The molecule has 2 aliphatic rings. The highest BCUT2D eigenvalue weighted by atomic mass is 16.5. The Bertz CT molecular complexity index is 1400. The number of carbonyl (C=O) groups excluding carboxylic acids is 3. The highest BCUT2D eigenvalue weighted by Gasteiger charge is 2.29. The second-order valence-electron chi connectivity index (χ2n) is 10.2. The van der Waals surface area contributed by atoms with Crippen molar-refractivity contribution in [1.29, 1.82) is 0 Å². The Morgan fingerprint density at radius 2 is 1.69 bits per heavy atom. The molecule has 1 N–H and O–H groups in total. The summed E-state index contributed by atoms with van der Waals surface area (Å²) in [4.78, 5) is 43.5. The van der Waals surface area contributed by atoms with Gasteiger partial charge in [0.05, 0.1) is 32.6 Å². The quantitative estimate of drug-likeness (QED) is 0.364. The van der Waals surface area contributed by atoms with E-state index in [1.165, 1.54) is 4.68 Å². The van der Waals surface area contributed by atoms with Crippen LogP contribution >= 0.6 is 0 Å². The van der Waals surface area contributed by atoms with E-state index in [-0.39, 0.29) is 23.9 Å². The van der Waals surface area contributed by atoms with Crippen LogP contribution in [0.3, 0.4) is 0 Å². The van der Waals surface area contributed by atoms with Gasteiger partial charge in [-0.05, 0) is 74.7 Å². The molecule has 2 aliphatic heterocycles. The van der Waals surface area contributed by atoms with Gasteiger partial charge in [-0.15, -0.1) is 0 Å². The number of carbonyl (C=O) groups is 3. The summed E-state index contributed by atoms with van der Waals surface area (Å²) >= 11 is 0. The van der Waals surface area contributed by atoms with Crippen LogP contribution < -0.4 is 15.0 Å². The number of hydrogen-bond acceptors (Lipinski definition) is 8. The second kappa shape index (κ2) is 13.6. The van der Waals surface area contributed by atoms with E-state index < -0.39 is 11.9 Å². The van der Waals surface area contributed by atoms with Gasteiger partial charge in [-0.1, -0.05) is 0 Å². The number of nitrogens with one attached hydrogen (secondary N) is 1.